The summed E-state index contributed by atoms with van der Waals surface area (Å²) in [6, 6.07) is 29.3. The highest BCUT2D eigenvalue weighted by atomic mass is 16.5. The van der Waals surface area contributed by atoms with Crippen molar-refractivity contribution in [3.8, 4) is 11.5 Å². The molecule has 290 valence electrons. The minimum Gasteiger partial charge on any atom is -0.420 e. The Morgan fingerprint density at radius 1 is 0.768 bits per heavy atom. The lowest BCUT2D eigenvalue weighted by molar-refractivity contribution is -0.127. The number of benzene rings is 4. The molecule has 1 fully saturated rings. The molecule has 11 nitrogen and oxygen atoms in total. The molecule has 0 spiro atoms. The standard InChI is InChI=1S/C21H22N2O3.C20H19N3O2.C4H8O/c1-14-11-16(9-10-19(14)22-3)12-18(15(2)24)21(26)23-13-20(25)17-7-5-4-6-8-17;1-13-11-15(9-10-18(13)21-3)12-17(14(2)24)20-23-22-19(25-20)16-7-5-4-6-8-16;1-2-4-5-3-1/h4-11,15,18,24H,12-13H2,1-2H3,(H,23,26);4-11,14,17,24H,12H2,1-2H3;1-4H2/t15-,18+;14-,17+;/m00./s1. The molecule has 4 atom stereocenters. The fourth-order valence-electron chi connectivity index (χ4n) is 6.01. The first kappa shape index (κ1) is 42.8. The van der Waals surface area contributed by atoms with Gasteiger partial charge in [0.1, 0.15) is 0 Å². The molecule has 1 aliphatic heterocycles. The zero-order chi connectivity index (χ0) is 40.5. The summed E-state index contributed by atoms with van der Waals surface area (Å²) in [7, 11) is 0. The van der Waals surface area contributed by atoms with Gasteiger partial charge < -0.3 is 24.7 Å². The van der Waals surface area contributed by atoms with Gasteiger partial charge >= 0.3 is 0 Å². The van der Waals surface area contributed by atoms with E-state index < -0.39 is 18.1 Å². The summed E-state index contributed by atoms with van der Waals surface area (Å²) in [5.41, 5.74) is 6.24. The van der Waals surface area contributed by atoms with E-state index in [0.29, 0.717) is 41.6 Å². The summed E-state index contributed by atoms with van der Waals surface area (Å²) < 4.78 is 10.8. The Morgan fingerprint density at radius 3 is 1.80 bits per heavy atom. The van der Waals surface area contributed by atoms with Gasteiger partial charge in [-0.1, -0.05) is 84.9 Å². The third kappa shape index (κ3) is 12.8. The molecule has 1 saturated heterocycles. The van der Waals surface area contributed by atoms with E-state index in [1.807, 2.05) is 68.4 Å². The molecule has 1 aliphatic rings. The van der Waals surface area contributed by atoms with E-state index in [1.165, 1.54) is 12.8 Å². The van der Waals surface area contributed by atoms with E-state index in [0.717, 1.165) is 41.0 Å². The molecule has 56 heavy (non-hydrogen) atoms. The molecule has 0 bridgehead atoms. The number of aryl methyl sites for hydroxylation is 2. The van der Waals surface area contributed by atoms with Crippen molar-refractivity contribution in [2.45, 2.75) is 71.5 Å². The lowest BCUT2D eigenvalue weighted by Crippen LogP contribution is -2.40. The number of aliphatic hydroxyl groups is 2. The Bertz CT molecular complexity index is 2090. The summed E-state index contributed by atoms with van der Waals surface area (Å²) in [5.74, 6) is -0.654. The van der Waals surface area contributed by atoms with Crippen LogP contribution in [0.3, 0.4) is 0 Å². The number of carbonyl (C=O) groups is 2. The molecular formula is C45H49N5O6. The number of ether oxygens (including phenoxy) is 1. The van der Waals surface area contributed by atoms with Gasteiger partial charge in [-0.25, -0.2) is 9.69 Å². The summed E-state index contributed by atoms with van der Waals surface area (Å²) in [4.78, 5) is 31.5. The monoisotopic (exact) mass is 755 g/mol. The van der Waals surface area contributed by atoms with Gasteiger partial charge in [0.25, 0.3) is 0 Å². The minimum atomic E-state index is -0.859. The molecule has 0 aliphatic carbocycles. The number of amides is 1. The van der Waals surface area contributed by atoms with Crippen molar-refractivity contribution in [2.75, 3.05) is 19.8 Å². The number of Topliss-reactive ketones (excluding diaryl/α,β-unsaturated/α-hetero) is 1. The topological polar surface area (TPSA) is 144 Å². The largest absolute Gasteiger partial charge is 0.420 e. The van der Waals surface area contributed by atoms with E-state index in [4.69, 9.17) is 22.3 Å². The highest BCUT2D eigenvalue weighted by Gasteiger charge is 2.26. The number of aromatic nitrogens is 2. The van der Waals surface area contributed by atoms with Crippen LogP contribution in [-0.2, 0) is 22.4 Å². The highest BCUT2D eigenvalue weighted by Crippen LogP contribution is 2.29. The van der Waals surface area contributed by atoms with Gasteiger partial charge in [0.15, 0.2) is 17.2 Å². The number of nitrogens with one attached hydrogen (secondary N) is 1. The minimum absolute atomic E-state index is 0.109. The number of nitrogens with zero attached hydrogens (tertiary/aromatic N) is 4. The molecule has 1 aromatic heterocycles. The number of rotatable bonds is 12. The lowest BCUT2D eigenvalue weighted by atomic mass is 9.93. The van der Waals surface area contributed by atoms with Gasteiger partial charge in [-0.05, 0) is 87.8 Å². The normalized spacial score (nSPS) is 13.9. The van der Waals surface area contributed by atoms with Gasteiger partial charge in [0, 0.05) is 24.3 Å². The van der Waals surface area contributed by atoms with Crippen LogP contribution in [0.1, 0.15) is 71.1 Å². The lowest BCUT2D eigenvalue weighted by Gasteiger charge is -2.20. The van der Waals surface area contributed by atoms with Crippen molar-refractivity contribution in [3.63, 3.8) is 0 Å². The average Bonchev–Trinajstić information content (AvgIpc) is 3.96. The van der Waals surface area contributed by atoms with Crippen LogP contribution in [0, 0.1) is 32.9 Å². The Labute approximate surface area is 329 Å². The van der Waals surface area contributed by atoms with Gasteiger partial charge in [-0.15, -0.1) is 10.2 Å². The molecule has 11 heteroatoms. The summed E-state index contributed by atoms with van der Waals surface area (Å²) in [6.45, 7) is 23.1. The molecule has 6 rings (SSSR count). The maximum atomic E-state index is 12.5. The third-order valence-corrected chi connectivity index (χ3v) is 9.30. The Balaban J connectivity index is 0.000000221. The Hall–Kier alpha value is -5.98. The molecule has 3 N–H and O–H groups in total. The van der Waals surface area contributed by atoms with Gasteiger partial charge in [-0.2, -0.15) is 0 Å². The average molecular weight is 756 g/mol. The number of aliphatic hydroxyl groups excluding tert-OH is 2. The van der Waals surface area contributed by atoms with Crippen LogP contribution in [0.5, 0.6) is 0 Å². The van der Waals surface area contributed by atoms with Crippen LogP contribution in [-0.4, -0.2) is 64.1 Å². The first-order valence-corrected chi connectivity index (χ1v) is 18.6. The first-order valence-electron chi connectivity index (χ1n) is 18.6. The van der Waals surface area contributed by atoms with Gasteiger partial charge in [-0.3, -0.25) is 9.59 Å². The molecule has 0 saturated carbocycles. The maximum absolute atomic E-state index is 12.5. The Kier molecular flexibility index (Phi) is 16.6. The van der Waals surface area contributed by atoms with Crippen molar-refractivity contribution in [2.24, 2.45) is 5.92 Å². The van der Waals surface area contributed by atoms with E-state index in [1.54, 1.807) is 56.3 Å². The number of hydrogen-bond donors (Lipinski definition) is 3. The molecule has 5 aromatic rings. The molecule has 0 unspecified atom stereocenters. The van der Waals surface area contributed by atoms with E-state index in [2.05, 4.69) is 25.2 Å². The van der Waals surface area contributed by atoms with Crippen molar-refractivity contribution in [1.29, 1.82) is 0 Å². The SMILES string of the molecule is C1CCOC1.[C-]#[N+]c1ccc(C[C@@H](C(=O)NCC(=O)c2ccccc2)[C@H](C)O)cc1C.[C-]#[N+]c1ccc(C[C@@H](c2nnc(-c3ccccc3)o2)[C@H](C)O)cc1C. The van der Waals surface area contributed by atoms with Gasteiger partial charge in [0.05, 0.1) is 43.7 Å². The van der Waals surface area contributed by atoms with Crippen LogP contribution in [0.2, 0.25) is 0 Å². The Morgan fingerprint density at radius 2 is 1.32 bits per heavy atom. The third-order valence-electron chi connectivity index (χ3n) is 9.30. The zero-order valence-electron chi connectivity index (χ0n) is 32.3. The first-order chi connectivity index (χ1) is 27.0. The molecule has 1 amide bonds. The maximum Gasteiger partial charge on any atom is 0.247 e. The summed E-state index contributed by atoms with van der Waals surface area (Å²) in [5, 5.41) is 31.1. The van der Waals surface area contributed by atoms with Crippen LogP contribution in [0.4, 0.5) is 11.4 Å². The van der Waals surface area contributed by atoms with Crippen LogP contribution in [0.25, 0.3) is 21.1 Å². The molecule has 2 heterocycles. The van der Waals surface area contributed by atoms with Crippen molar-refractivity contribution in [3.05, 3.63) is 154 Å². The second-order valence-corrected chi connectivity index (χ2v) is 13.7. The second-order valence-electron chi connectivity index (χ2n) is 13.7. The molecule has 0 radical (unpaired) electrons. The zero-order valence-corrected chi connectivity index (χ0v) is 32.3. The van der Waals surface area contributed by atoms with E-state index >= 15 is 0 Å². The predicted octanol–water partition coefficient (Wildman–Crippen LogP) is 8.18. The summed E-state index contributed by atoms with van der Waals surface area (Å²) >= 11 is 0. The van der Waals surface area contributed by atoms with E-state index in [-0.39, 0.29) is 24.2 Å². The fraction of sp³-hybridized carbons (Fsp3) is 0.333. The quantitative estimate of drug-likeness (QED) is 0.0855. The number of carbonyl (C=O) groups excluding carboxylic acids is 2. The van der Waals surface area contributed by atoms with E-state index in [9.17, 15) is 19.8 Å². The van der Waals surface area contributed by atoms with Crippen molar-refractivity contribution in [1.82, 2.24) is 15.5 Å². The highest BCUT2D eigenvalue weighted by molar-refractivity contribution is 5.99. The van der Waals surface area contributed by atoms with Crippen LogP contribution in [0.15, 0.2) is 101 Å². The number of hydrogen-bond acceptors (Lipinski definition) is 8. The predicted molar refractivity (Wildman–Crippen MR) is 215 cm³/mol. The van der Waals surface area contributed by atoms with Gasteiger partial charge in [0.2, 0.25) is 17.7 Å². The number of ketones is 1. The second kappa shape index (κ2) is 21.8. The smallest absolute Gasteiger partial charge is 0.247 e. The van der Waals surface area contributed by atoms with Crippen molar-refractivity contribution >= 4 is 23.1 Å². The molecule has 4 aromatic carbocycles. The molecular weight excluding hydrogens is 707 g/mol. The van der Waals surface area contributed by atoms with Crippen molar-refractivity contribution < 1.29 is 29.0 Å². The van der Waals surface area contributed by atoms with Crippen LogP contribution >= 0.6 is 0 Å². The van der Waals surface area contributed by atoms with Crippen LogP contribution < -0.4 is 5.32 Å². The summed E-state index contributed by atoms with van der Waals surface area (Å²) in [6.07, 6.45) is 1.96. The fourth-order valence-corrected chi connectivity index (χ4v) is 6.01.